The van der Waals surface area contributed by atoms with Gasteiger partial charge in [0.15, 0.2) is 0 Å². The number of nitrogens with one attached hydrogen (secondary N) is 2. The Labute approximate surface area is 107 Å². The van der Waals surface area contributed by atoms with E-state index < -0.39 is 0 Å². The molecule has 0 fully saturated rings. The van der Waals surface area contributed by atoms with Crippen LogP contribution in [0.15, 0.2) is 22.6 Å². The van der Waals surface area contributed by atoms with Crippen LogP contribution in [0.2, 0.25) is 0 Å². The SMILES string of the molecule is CNC(C)c1nnc(Nc2ccc(C)cc2C)o1. The molecule has 0 saturated carbocycles. The van der Waals surface area contributed by atoms with Crippen molar-refractivity contribution in [2.24, 2.45) is 0 Å². The summed E-state index contributed by atoms with van der Waals surface area (Å²) in [6.45, 7) is 6.08. The molecule has 0 radical (unpaired) electrons. The fourth-order valence-corrected chi connectivity index (χ4v) is 1.65. The minimum absolute atomic E-state index is 0.0483. The second kappa shape index (κ2) is 5.18. The molecule has 0 saturated heterocycles. The number of rotatable bonds is 4. The molecular weight excluding hydrogens is 228 g/mol. The topological polar surface area (TPSA) is 63.0 Å². The molecule has 1 heterocycles. The van der Waals surface area contributed by atoms with Crippen molar-refractivity contribution in [1.82, 2.24) is 15.5 Å². The molecule has 0 aliphatic rings. The monoisotopic (exact) mass is 246 g/mol. The molecule has 1 unspecified atom stereocenters. The first-order valence-electron chi connectivity index (χ1n) is 5.95. The number of nitrogens with zero attached hydrogens (tertiary/aromatic N) is 2. The van der Waals surface area contributed by atoms with E-state index in [1.807, 2.05) is 33.0 Å². The Morgan fingerprint density at radius 2 is 2.00 bits per heavy atom. The maximum Gasteiger partial charge on any atom is 0.320 e. The van der Waals surface area contributed by atoms with Crippen molar-refractivity contribution in [3.63, 3.8) is 0 Å². The number of hydrogen-bond donors (Lipinski definition) is 2. The van der Waals surface area contributed by atoms with Gasteiger partial charge in [-0.3, -0.25) is 0 Å². The lowest BCUT2D eigenvalue weighted by Crippen LogP contribution is -2.12. The highest BCUT2D eigenvalue weighted by molar-refractivity contribution is 5.57. The average molecular weight is 246 g/mol. The van der Waals surface area contributed by atoms with Gasteiger partial charge in [-0.2, -0.15) is 0 Å². The third-order valence-corrected chi connectivity index (χ3v) is 2.87. The van der Waals surface area contributed by atoms with Gasteiger partial charge in [-0.25, -0.2) is 0 Å². The fraction of sp³-hybridized carbons (Fsp3) is 0.385. The Bertz CT molecular complexity index is 536. The van der Waals surface area contributed by atoms with Crippen LogP contribution in [-0.2, 0) is 0 Å². The van der Waals surface area contributed by atoms with Crippen molar-refractivity contribution in [3.8, 4) is 0 Å². The molecule has 0 bridgehead atoms. The largest absolute Gasteiger partial charge is 0.406 e. The summed E-state index contributed by atoms with van der Waals surface area (Å²) in [4.78, 5) is 0. The summed E-state index contributed by atoms with van der Waals surface area (Å²) in [7, 11) is 1.85. The molecule has 1 aromatic carbocycles. The smallest absolute Gasteiger partial charge is 0.320 e. The molecule has 2 rings (SSSR count). The average Bonchev–Trinajstić information content (AvgIpc) is 2.80. The van der Waals surface area contributed by atoms with Crippen molar-refractivity contribution in [2.75, 3.05) is 12.4 Å². The molecule has 5 nitrogen and oxygen atoms in total. The van der Waals surface area contributed by atoms with Gasteiger partial charge in [0.2, 0.25) is 5.89 Å². The lowest BCUT2D eigenvalue weighted by Gasteiger charge is -2.06. The van der Waals surface area contributed by atoms with Crippen LogP contribution >= 0.6 is 0 Å². The van der Waals surface area contributed by atoms with E-state index >= 15 is 0 Å². The summed E-state index contributed by atoms with van der Waals surface area (Å²) >= 11 is 0. The van der Waals surface area contributed by atoms with E-state index in [0.29, 0.717) is 11.9 Å². The van der Waals surface area contributed by atoms with Crippen molar-refractivity contribution in [1.29, 1.82) is 0 Å². The highest BCUT2D eigenvalue weighted by atomic mass is 16.4. The van der Waals surface area contributed by atoms with Crippen LogP contribution in [0.5, 0.6) is 0 Å². The predicted octanol–water partition coefficient (Wildman–Crippen LogP) is 2.71. The number of benzene rings is 1. The van der Waals surface area contributed by atoms with E-state index in [4.69, 9.17) is 4.42 Å². The summed E-state index contributed by atoms with van der Waals surface area (Å²) < 4.78 is 5.53. The summed E-state index contributed by atoms with van der Waals surface area (Å²) in [6, 6.07) is 6.63. The number of aryl methyl sites for hydroxylation is 2. The summed E-state index contributed by atoms with van der Waals surface area (Å²) in [5, 5.41) is 14.1. The summed E-state index contributed by atoms with van der Waals surface area (Å²) in [5.41, 5.74) is 3.36. The van der Waals surface area contributed by atoms with E-state index in [-0.39, 0.29) is 6.04 Å². The van der Waals surface area contributed by atoms with Crippen LogP contribution in [0.1, 0.15) is 30.0 Å². The predicted molar refractivity (Wildman–Crippen MR) is 71.0 cm³/mol. The second-order valence-electron chi connectivity index (χ2n) is 4.40. The van der Waals surface area contributed by atoms with E-state index in [2.05, 4.69) is 33.8 Å². The van der Waals surface area contributed by atoms with Gasteiger partial charge < -0.3 is 15.1 Å². The van der Waals surface area contributed by atoms with Crippen LogP contribution in [0.3, 0.4) is 0 Å². The lowest BCUT2D eigenvalue weighted by molar-refractivity contribution is 0.443. The van der Waals surface area contributed by atoms with Crippen LogP contribution in [0.25, 0.3) is 0 Å². The van der Waals surface area contributed by atoms with Crippen molar-refractivity contribution in [2.45, 2.75) is 26.8 Å². The Morgan fingerprint density at radius 3 is 2.67 bits per heavy atom. The third-order valence-electron chi connectivity index (χ3n) is 2.87. The Kier molecular flexibility index (Phi) is 3.62. The van der Waals surface area contributed by atoms with E-state index in [1.165, 1.54) is 5.56 Å². The van der Waals surface area contributed by atoms with Gasteiger partial charge in [0.25, 0.3) is 0 Å². The fourth-order valence-electron chi connectivity index (χ4n) is 1.65. The maximum atomic E-state index is 5.53. The van der Waals surface area contributed by atoms with Crippen molar-refractivity contribution in [3.05, 3.63) is 35.2 Å². The Morgan fingerprint density at radius 1 is 1.22 bits per heavy atom. The zero-order valence-corrected chi connectivity index (χ0v) is 11.1. The van der Waals surface area contributed by atoms with Gasteiger partial charge in [0, 0.05) is 5.69 Å². The molecule has 2 aromatic rings. The van der Waals surface area contributed by atoms with Gasteiger partial charge in [0.1, 0.15) is 0 Å². The Balaban J connectivity index is 2.16. The van der Waals surface area contributed by atoms with Crippen LogP contribution in [0.4, 0.5) is 11.7 Å². The molecule has 0 aliphatic carbocycles. The zero-order valence-electron chi connectivity index (χ0n) is 11.1. The van der Waals surface area contributed by atoms with Gasteiger partial charge in [-0.1, -0.05) is 22.8 Å². The molecular formula is C13H18N4O. The van der Waals surface area contributed by atoms with Crippen LogP contribution in [-0.4, -0.2) is 17.2 Å². The number of aromatic nitrogens is 2. The first kappa shape index (κ1) is 12.6. The van der Waals surface area contributed by atoms with E-state index in [0.717, 1.165) is 11.3 Å². The quantitative estimate of drug-likeness (QED) is 0.868. The lowest BCUT2D eigenvalue weighted by atomic mass is 10.1. The Hall–Kier alpha value is -1.88. The zero-order chi connectivity index (χ0) is 13.1. The molecule has 0 spiro atoms. The van der Waals surface area contributed by atoms with Crippen LogP contribution < -0.4 is 10.6 Å². The van der Waals surface area contributed by atoms with Crippen molar-refractivity contribution < 1.29 is 4.42 Å². The van der Waals surface area contributed by atoms with Gasteiger partial charge >= 0.3 is 6.01 Å². The number of hydrogen-bond acceptors (Lipinski definition) is 5. The van der Waals surface area contributed by atoms with E-state index in [9.17, 15) is 0 Å². The van der Waals surface area contributed by atoms with Crippen LogP contribution in [0, 0.1) is 13.8 Å². The normalized spacial score (nSPS) is 12.4. The minimum atomic E-state index is 0.0483. The standard InChI is InChI=1S/C13H18N4O/c1-8-5-6-11(9(2)7-8)15-13-17-16-12(18-13)10(3)14-4/h5-7,10,14H,1-4H3,(H,15,17). The van der Waals surface area contributed by atoms with Gasteiger partial charge in [-0.15, -0.1) is 5.10 Å². The third kappa shape index (κ3) is 2.68. The summed E-state index contributed by atoms with van der Waals surface area (Å²) in [5.74, 6) is 0.574. The van der Waals surface area contributed by atoms with Gasteiger partial charge in [0.05, 0.1) is 6.04 Å². The minimum Gasteiger partial charge on any atom is -0.406 e. The molecule has 5 heteroatoms. The van der Waals surface area contributed by atoms with E-state index in [1.54, 1.807) is 0 Å². The second-order valence-corrected chi connectivity index (χ2v) is 4.40. The highest BCUT2D eigenvalue weighted by Gasteiger charge is 2.12. The molecule has 0 aliphatic heterocycles. The molecule has 0 amide bonds. The molecule has 1 atom stereocenters. The van der Waals surface area contributed by atoms with Gasteiger partial charge in [-0.05, 0) is 39.4 Å². The molecule has 2 N–H and O–H groups in total. The molecule has 1 aromatic heterocycles. The first-order valence-corrected chi connectivity index (χ1v) is 5.95. The van der Waals surface area contributed by atoms with Crippen molar-refractivity contribution >= 4 is 11.7 Å². The maximum absolute atomic E-state index is 5.53. The number of anilines is 2. The molecule has 96 valence electrons. The molecule has 18 heavy (non-hydrogen) atoms. The highest BCUT2D eigenvalue weighted by Crippen LogP contribution is 2.21. The summed E-state index contributed by atoms with van der Waals surface area (Å²) in [6.07, 6.45) is 0. The first-order chi connectivity index (χ1) is 8.60.